The van der Waals surface area contributed by atoms with Gasteiger partial charge in [-0.15, -0.1) is 0 Å². The smallest absolute Gasteiger partial charge is 0.104 e. The first kappa shape index (κ1) is 13.0. The van der Waals surface area contributed by atoms with Crippen molar-refractivity contribution in [3.8, 4) is 0 Å². The summed E-state index contributed by atoms with van der Waals surface area (Å²) in [7, 11) is 0. The second-order valence-corrected chi connectivity index (χ2v) is 5.26. The van der Waals surface area contributed by atoms with E-state index in [0.717, 1.165) is 19.3 Å². The van der Waals surface area contributed by atoms with Gasteiger partial charge in [0.25, 0.3) is 0 Å². The monoisotopic (exact) mass is 211 g/mol. The molecule has 0 heterocycles. The van der Waals surface area contributed by atoms with E-state index in [9.17, 15) is 5.11 Å². The minimum atomic E-state index is -0.525. The van der Waals surface area contributed by atoms with E-state index in [1.165, 1.54) is 57.8 Å². The summed E-state index contributed by atoms with van der Waals surface area (Å²) >= 11 is 0. The molecule has 1 saturated carbocycles. The lowest BCUT2D eigenvalue weighted by atomic mass is 9.81. The fraction of sp³-hybridized carbons (Fsp3) is 1.00. The molecule has 0 spiro atoms. The van der Waals surface area contributed by atoms with E-state index in [1.807, 2.05) is 0 Å². The van der Waals surface area contributed by atoms with Gasteiger partial charge in [0.2, 0.25) is 0 Å². The molecule has 0 unspecified atom stereocenters. The Kier molecular flexibility index (Phi) is 6.31. The summed E-state index contributed by atoms with van der Waals surface area (Å²) in [5.74, 6) is 0. The third kappa shape index (κ3) is 5.55. The molecular weight excluding hydrogens is 184 g/mol. The largest absolute Gasteiger partial charge is 0.229 e. The molecule has 0 aromatic heterocycles. The predicted molar refractivity (Wildman–Crippen MR) is 64.5 cm³/mol. The van der Waals surface area contributed by atoms with Gasteiger partial charge in [-0.3, -0.25) is 0 Å². The summed E-state index contributed by atoms with van der Waals surface area (Å²) in [6, 6.07) is 0. The van der Waals surface area contributed by atoms with Gasteiger partial charge < -0.3 is 0 Å². The molecule has 0 amide bonds. The van der Waals surface area contributed by atoms with Crippen molar-refractivity contribution < 1.29 is 5.11 Å². The average molecular weight is 211 g/mol. The quantitative estimate of drug-likeness (QED) is 0.535. The van der Waals surface area contributed by atoms with E-state index in [-0.39, 0.29) is 0 Å². The molecule has 15 heavy (non-hydrogen) atoms. The lowest BCUT2D eigenvalue weighted by molar-refractivity contribution is -0.0661. The van der Waals surface area contributed by atoms with Gasteiger partial charge in [-0.2, -0.15) is 0 Å². The lowest BCUT2D eigenvalue weighted by Gasteiger charge is -2.29. The molecule has 1 aliphatic carbocycles. The third-order valence-corrected chi connectivity index (χ3v) is 3.75. The zero-order chi connectivity index (χ0) is 11.0. The minimum Gasteiger partial charge on any atom is -0.229 e. The predicted octanol–water partition coefficient (Wildman–Crippen LogP) is 4.87. The summed E-state index contributed by atoms with van der Waals surface area (Å²) in [5, 5.41) is 12.2. The highest BCUT2D eigenvalue weighted by atomic mass is 16.3. The van der Waals surface area contributed by atoms with Gasteiger partial charge in [-0.1, -0.05) is 64.7 Å². The highest BCUT2D eigenvalue weighted by Crippen LogP contribution is 2.33. The maximum Gasteiger partial charge on any atom is 0.104 e. The first-order valence-corrected chi connectivity index (χ1v) is 6.97. The van der Waals surface area contributed by atoms with Crippen molar-refractivity contribution >= 4 is 0 Å². The number of hydrogen-bond donors (Lipinski definition) is 0. The van der Waals surface area contributed by atoms with E-state index in [4.69, 9.17) is 0 Å². The van der Waals surface area contributed by atoms with Crippen molar-refractivity contribution in [3.05, 3.63) is 0 Å². The zero-order valence-electron chi connectivity index (χ0n) is 10.4. The van der Waals surface area contributed by atoms with E-state index < -0.39 is 5.60 Å². The molecule has 0 atom stereocenters. The van der Waals surface area contributed by atoms with Gasteiger partial charge in [0.05, 0.1) is 0 Å². The van der Waals surface area contributed by atoms with Crippen molar-refractivity contribution in [3.63, 3.8) is 0 Å². The topological polar surface area (TPSA) is 19.9 Å². The summed E-state index contributed by atoms with van der Waals surface area (Å²) in [4.78, 5) is 0. The summed E-state index contributed by atoms with van der Waals surface area (Å²) in [5.41, 5.74) is -0.525. The highest BCUT2D eigenvalue weighted by Gasteiger charge is 2.30. The lowest BCUT2D eigenvalue weighted by Crippen LogP contribution is -2.29. The second-order valence-electron chi connectivity index (χ2n) is 5.26. The van der Waals surface area contributed by atoms with Gasteiger partial charge in [0.15, 0.2) is 0 Å². The fourth-order valence-electron chi connectivity index (χ4n) is 2.67. The van der Waals surface area contributed by atoms with Crippen molar-refractivity contribution in [2.75, 3.05) is 0 Å². The fourth-order valence-corrected chi connectivity index (χ4v) is 2.67. The number of unbranched alkanes of at least 4 members (excludes halogenated alkanes) is 5. The third-order valence-electron chi connectivity index (χ3n) is 3.75. The first-order valence-electron chi connectivity index (χ1n) is 6.97. The van der Waals surface area contributed by atoms with Crippen LogP contribution in [0.3, 0.4) is 0 Å². The van der Waals surface area contributed by atoms with Gasteiger partial charge >= 0.3 is 0 Å². The van der Waals surface area contributed by atoms with Crippen molar-refractivity contribution in [1.29, 1.82) is 0 Å². The second kappa shape index (κ2) is 7.27. The molecule has 1 fully saturated rings. The van der Waals surface area contributed by atoms with Crippen LogP contribution in [0.25, 0.3) is 0 Å². The Labute approximate surface area is 95.3 Å². The molecule has 0 saturated heterocycles. The van der Waals surface area contributed by atoms with E-state index in [0.29, 0.717) is 0 Å². The molecule has 1 rings (SSSR count). The van der Waals surface area contributed by atoms with Gasteiger partial charge in [-0.05, 0) is 19.3 Å². The molecule has 1 aliphatic rings. The van der Waals surface area contributed by atoms with Crippen LogP contribution in [-0.2, 0) is 5.11 Å². The van der Waals surface area contributed by atoms with E-state index >= 15 is 0 Å². The van der Waals surface area contributed by atoms with Crippen molar-refractivity contribution in [1.82, 2.24) is 0 Å². The SMILES string of the molecule is CCCCCCCCC1([O])CCCCC1. The summed E-state index contributed by atoms with van der Waals surface area (Å²) < 4.78 is 0. The summed E-state index contributed by atoms with van der Waals surface area (Å²) in [6.45, 7) is 2.24. The van der Waals surface area contributed by atoms with Gasteiger partial charge in [0, 0.05) is 0 Å². The van der Waals surface area contributed by atoms with Crippen LogP contribution in [0.15, 0.2) is 0 Å². The van der Waals surface area contributed by atoms with E-state index in [1.54, 1.807) is 0 Å². The Morgan fingerprint density at radius 2 is 1.47 bits per heavy atom. The maximum absolute atomic E-state index is 12.2. The molecule has 0 N–H and O–H groups in total. The van der Waals surface area contributed by atoms with Crippen LogP contribution in [-0.4, -0.2) is 5.60 Å². The van der Waals surface area contributed by atoms with Crippen LogP contribution in [0.1, 0.15) is 84.0 Å². The zero-order valence-corrected chi connectivity index (χ0v) is 10.4. The molecule has 0 aliphatic heterocycles. The molecule has 0 aromatic carbocycles. The average Bonchev–Trinajstić information content (AvgIpc) is 2.24. The molecule has 1 nitrogen and oxygen atoms in total. The molecular formula is C14H27O. The number of rotatable bonds is 7. The Morgan fingerprint density at radius 1 is 0.867 bits per heavy atom. The number of hydrogen-bond acceptors (Lipinski definition) is 0. The minimum absolute atomic E-state index is 0.525. The van der Waals surface area contributed by atoms with Gasteiger partial charge in [-0.25, -0.2) is 5.11 Å². The summed E-state index contributed by atoms with van der Waals surface area (Å²) in [6.07, 6.45) is 14.3. The molecule has 1 radical (unpaired) electrons. The molecule has 89 valence electrons. The van der Waals surface area contributed by atoms with Crippen LogP contribution in [0.4, 0.5) is 0 Å². The standard InChI is InChI=1S/C14H27O/c1-2-3-4-5-6-8-11-14(15)12-9-7-10-13-14/h2-13H2,1H3. The van der Waals surface area contributed by atoms with Crippen LogP contribution >= 0.6 is 0 Å². The normalized spacial score (nSPS) is 20.4. The van der Waals surface area contributed by atoms with Crippen LogP contribution in [0.5, 0.6) is 0 Å². The van der Waals surface area contributed by atoms with Gasteiger partial charge in [0.1, 0.15) is 5.60 Å². The Bertz CT molecular complexity index is 147. The first-order chi connectivity index (χ1) is 7.27. The van der Waals surface area contributed by atoms with Crippen molar-refractivity contribution in [2.24, 2.45) is 0 Å². The van der Waals surface area contributed by atoms with Crippen LogP contribution < -0.4 is 0 Å². The molecule has 0 aromatic rings. The molecule has 1 heteroatoms. The van der Waals surface area contributed by atoms with Crippen LogP contribution in [0.2, 0.25) is 0 Å². The molecule has 0 bridgehead atoms. The maximum atomic E-state index is 12.2. The Hall–Kier alpha value is -0.0400. The Morgan fingerprint density at radius 3 is 2.13 bits per heavy atom. The van der Waals surface area contributed by atoms with Crippen molar-refractivity contribution in [2.45, 2.75) is 89.6 Å². The van der Waals surface area contributed by atoms with E-state index in [2.05, 4.69) is 6.92 Å². The Balaban J connectivity index is 1.98. The highest BCUT2D eigenvalue weighted by molar-refractivity contribution is 4.81. The van der Waals surface area contributed by atoms with Crippen LogP contribution in [0, 0.1) is 0 Å².